The van der Waals surface area contributed by atoms with Gasteiger partial charge in [0.1, 0.15) is 0 Å². The van der Waals surface area contributed by atoms with Crippen molar-refractivity contribution in [3.05, 3.63) is 48.0 Å². The zero-order chi connectivity index (χ0) is 15.3. The molecule has 0 unspecified atom stereocenters. The molecule has 0 radical (unpaired) electrons. The van der Waals surface area contributed by atoms with Crippen LogP contribution in [0.15, 0.2) is 42.5 Å². The second-order valence-electron chi connectivity index (χ2n) is 5.96. The molecule has 0 fully saturated rings. The molecule has 2 rings (SSSR count). The molecule has 0 bridgehead atoms. The molecule has 21 heavy (non-hydrogen) atoms. The second-order valence-corrected chi connectivity index (χ2v) is 5.96. The number of nitrogens with zero attached hydrogens (tertiary/aromatic N) is 1. The van der Waals surface area contributed by atoms with Crippen molar-refractivity contribution in [2.45, 2.75) is 40.0 Å². The highest BCUT2D eigenvalue weighted by molar-refractivity contribution is 5.60. The van der Waals surface area contributed by atoms with Gasteiger partial charge in [-0.15, -0.1) is 0 Å². The molecule has 0 N–H and O–H groups in total. The highest BCUT2D eigenvalue weighted by Crippen LogP contribution is 2.31. The normalized spacial score (nSPS) is 11.4. The van der Waals surface area contributed by atoms with E-state index in [1.807, 2.05) is 18.2 Å². The predicted octanol–water partition coefficient (Wildman–Crippen LogP) is 5.13. The summed E-state index contributed by atoms with van der Waals surface area (Å²) in [7, 11) is 1.65. The van der Waals surface area contributed by atoms with Crippen LogP contribution in [0.5, 0.6) is 5.88 Å². The maximum Gasteiger partial charge on any atom is 0.213 e. The molecule has 0 amide bonds. The molecule has 2 aromatic rings. The molecular weight excluding hydrogens is 258 g/mol. The Kier molecular flexibility index (Phi) is 5.00. The maximum absolute atomic E-state index is 5.21. The number of pyridine rings is 1. The molecular formula is C19H25NO. The average molecular weight is 283 g/mol. The van der Waals surface area contributed by atoms with Gasteiger partial charge in [-0.25, -0.2) is 4.98 Å². The molecule has 0 atom stereocenters. The molecule has 1 heterocycles. The van der Waals surface area contributed by atoms with Crippen LogP contribution < -0.4 is 4.74 Å². The summed E-state index contributed by atoms with van der Waals surface area (Å²) in [5, 5.41) is 0. The van der Waals surface area contributed by atoms with E-state index in [1.54, 1.807) is 7.11 Å². The van der Waals surface area contributed by atoms with Crippen LogP contribution in [-0.2, 0) is 6.42 Å². The number of benzene rings is 1. The van der Waals surface area contributed by atoms with Gasteiger partial charge >= 0.3 is 0 Å². The maximum atomic E-state index is 5.21. The van der Waals surface area contributed by atoms with Gasteiger partial charge in [-0.3, -0.25) is 0 Å². The highest BCUT2D eigenvalue weighted by Gasteiger charge is 2.20. The fourth-order valence-corrected chi connectivity index (χ4v) is 2.52. The third-order valence-electron chi connectivity index (χ3n) is 4.49. The van der Waals surface area contributed by atoms with Crippen LogP contribution in [0.1, 0.15) is 39.2 Å². The summed E-state index contributed by atoms with van der Waals surface area (Å²) in [6, 6.07) is 14.6. The first-order valence-corrected chi connectivity index (χ1v) is 7.70. The van der Waals surface area contributed by atoms with Crippen LogP contribution in [-0.4, -0.2) is 12.1 Å². The lowest BCUT2D eigenvalue weighted by molar-refractivity contribution is 0.296. The van der Waals surface area contributed by atoms with Gasteiger partial charge in [0.2, 0.25) is 5.88 Å². The summed E-state index contributed by atoms with van der Waals surface area (Å²) in [6.07, 6.45) is 3.51. The lowest BCUT2D eigenvalue weighted by Gasteiger charge is -2.26. The Bertz CT molecular complexity index is 588. The lowest BCUT2D eigenvalue weighted by Crippen LogP contribution is -2.17. The van der Waals surface area contributed by atoms with Gasteiger partial charge in [0.15, 0.2) is 0 Å². The standard InChI is InChI=1S/C19H25NO/c1-5-19(3,6-2)14-15-9-7-10-16(13-15)17-11-8-12-18(20-17)21-4/h7-13H,5-6,14H2,1-4H3. The minimum atomic E-state index is 0.375. The van der Waals surface area contributed by atoms with E-state index < -0.39 is 0 Å². The summed E-state index contributed by atoms with van der Waals surface area (Å²) >= 11 is 0. The van der Waals surface area contributed by atoms with Crippen LogP contribution in [0.2, 0.25) is 0 Å². The van der Waals surface area contributed by atoms with Crippen molar-refractivity contribution in [1.82, 2.24) is 4.98 Å². The Labute approximate surface area is 128 Å². The Balaban J connectivity index is 2.29. The molecule has 0 aliphatic carbocycles. The molecule has 0 spiro atoms. The van der Waals surface area contributed by atoms with Gasteiger partial charge in [0, 0.05) is 11.6 Å². The number of aromatic nitrogens is 1. The van der Waals surface area contributed by atoms with Crippen LogP contribution in [0.3, 0.4) is 0 Å². The Morgan fingerprint density at radius 2 is 1.76 bits per heavy atom. The predicted molar refractivity (Wildman–Crippen MR) is 88.6 cm³/mol. The van der Waals surface area contributed by atoms with E-state index in [1.165, 1.54) is 18.4 Å². The van der Waals surface area contributed by atoms with Crippen molar-refractivity contribution in [1.29, 1.82) is 0 Å². The molecule has 0 aliphatic heterocycles. The topological polar surface area (TPSA) is 22.1 Å². The third-order valence-corrected chi connectivity index (χ3v) is 4.49. The fraction of sp³-hybridized carbons (Fsp3) is 0.421. The van der Waals surface area contributed by atoms with Crippen molar-refractivity contribution in [3.63, 3.8) is 0 Å². The first kappa shape index (κ1) is 15.6. The molecule has 0 saturated carbocycles. The van der Waals surface area contributed by atoms with Crippen LogP contribution in [0, 0.1) is 5.41 Å². The minimum absolute atomic E-state index is 0.375. The second kappa shape index (κ2) is 6.75. The zero-order valence-electron chi connectivity index (χ0n) is 13.5. The number of ether oxygens (including phenoxy) is 1. The number of hydrogen-bond acceptors (Lipinski definition) is 2. The number of methoxy groups -OCH3 is 1. The fourth-order valence-electron chi connectivity index (χ4n) is 2.52. The Morgan fingerprint density at radius 3 is 2.43 bits per heavy atom. The molecule has 0 aliphatic rings. The molecule has 112 valence electrons. The summed E-state index contributed by atoms with van der Waals surface area (Å²) in [6.45, 7) is 6.91. The average Bonchev–Trinajstić information content (AvgIpc) is 2.55. The van der Waals surface area contributed by atoms with Crippen molar-refractivity contribution < 1.29 is 4.74 Å². The highest BCUT2D eigenvalue weighted by atomic mass is 16.5. The van der Waals surface area contributed by atoms with E-state index in [2.05, 4.69) is 50.0 Å². The van der Waals surface area contributed by atoms with E-state index in [4.69, 9.17) is 4.74 Å². The van der Waals surface area contributed by atoms with E-state index in [0.717, 1.165) is 17.7 Å². The van der Waals surface area contributed by atoms with Gasteiger partial charge < -0.3 is 4.74 Å². The van der Waals surface area contributed by atoms with E-state index in [9.17, 15) is 0 Å². The summed E-state index contributed by atoms with van der Waals surface area (Å²) in [5.74, 6) is 0.657. The number of hydrogen-bond donors (Lipinski definition) is 0. The van der Waals surface area contributed by atoms with Gasteiger partial charge in [-0.05, 0) is 29.5 Å². The van der Waals surface area contributed by atoms with E-state index in [-0.39, 0.29) is 0 Å². The summed E-state index contributed by atoms with van der Waals surface area (Å²) < 4.78 is 5.21. The first-order chi connectivity index (χ1) is 10.1. The third kappa shape index (κ3) is 3.84. The SMILES string of the molecule is CCC(C)(CC)Cc1cccc(-c2cccc(OC)n2)c1. The van der Waals surface area contributed by atoms with Crippen LogP contribution in [0.25, 0.3) is 11.3 Å². The molecule has 0 saturated heterocycles. The minimum Gasteiger partial charge on any atom is -0.481 e. The van der Waals surface area contributed by atoms with Gasteiger partial charge in [-0.2, -0.15) is 0 Å². The Hall–Kier alpha value is -1.83. The van der Waals surface area contributed by atoms with E-state index >= 15 is 0 Å². The Morgan fingerprint density at radius 1 is 1.05 bits per heavy atom. The summed E-state index contributed by atoms with van der Waals surface area (Å²) in [4.78, 5) is 4.52. The first-order valence-electron chi connectivity index (χ1n) is 7.70. The molecule has 1 aromatic heterocycles. The quantitative estimate of drug-likeness (QED) is 0.733. The van der Waals surface area contributed by atoms with Crippen LogP contribution >= 0.6 is 0 Å². The molecule has 1 aromatic carbocycles. The van der Waals surface area contributed by atoms with Crippen molar-refractivity contribution in [2.24, 2.45) is 5.41 Å². The summed E-state index contributed by atoms with van der Waals surface area (Å²) in [5.41, 5.74) is 3.87. The van der Waals surface area contributed by atoms with Gasteiger partial charge in [0.05, 0.1) is 12.8 Å². The largest absolute Gasteiger partial charge is 0.481 e. The molecule has 2 nitrogen and oxygen atoms in total. The van der Waals surface area contributed by atoms with Gasteiger partial charge in [0.25, 0.3) is 0 Å². The monoisotopic (exact) mass is 283 g/mol. The van der Waals surface area contributed by atoms with Crippen molar-refractivity contribution in [3.8, 4) is 17.1 Å². The van der Waals surface area contributed by atoms with Gasteiger partial charge in [-0.1, -0.05) is 57.9 Å². The number of rotatable bonds is 6. The smallest absolute Gasteiger partial charge is 0.213 e. The lowest BCUT2D eigenvalue weighted by atomic mass is 9.79. The van der Waals surface area contributed by atoms with Crippen LogP contribution in [0.4, 0.5) is 0 Å². The molecule has 2 heteroatoms. The van der Waals surface area contributed by atoms with Crippen molar-refractivity contribution in [2.75, 3.05) is 7.11 Å². The van der Waals surface area contributed by atoms with E-state index in [0.29, 0.717) is 11.3 Å². The van der Waals surface area contributed by atoms with Crippen molar-refractivity contribution >= 4 is 0 Å². The zero-order valence-corrected chi connectivity index (χ0v) is 13.5.